The van der Waals surface area contributed by atoms with Crippen LogP contribution in [0, 0.1) is 13.8 Å². The zero-order valence-electron chi connectivity index (χ0n) is 15.2. The lowest BCUT2D eigenvalue weighted by molar-refractivity contribution is 0.0725. The number of fused-ring (bicyclic) bond motifs is 1. The largest absolute Gasteiger partial charge is 0.491 e. The predicted octanol–water partition coefficient (Wildman–Crippen LogP) is 2.98. The Kier molecular flexibility index (Phi) is 4.66. The molecule has 5 heteroatoms. The molecule has 5 nitrogen and oxygen atoms in total. The maximum atomic E-state index is 12.9. The fourth-order valence-corrected chi connectivity index (χ4v) is 3.27. The summed E-state index contributed by atoms with van der Waals surface area (Å²) in [5, 5.41) is 0. The van der Waals surface area contributed by atoms with E-state index in [1.165, 1.54) is 0 Å². The van der Waals surface area contributed by atoms with Crippen LogP contribution in [0.25, 0.3) is 0 Å². The van der Waals surface area contributed by atoms with E-state index in [1.807, 2.05) is 52.0 Å². The van der Waals surface area contributed by atoms with E-state index >= 15 is 0 Å². The van der Waals surface area contributed by atoms with Crippen LogP contribution in [0.5, 0.6) is 5.75 Å². The summed E-state index contributed by atoms with van der Waals surface area (Å²) in [4.78, 5) is 29.7. The van der Waals surface area contributed by atoms with E-state index < -0.39 is 0 Å². The minimum absolute atomic E-state index is 0.0465. The van der Waals surface area contributed by atoms with Gasteiger partial charge in [0, 0.05) is 23.4 Å². The fraction of sp³-hybridized carbons (Fsp3) is 0.400. The topological polar surface area (TPSA) is 62.4 Å². The summed E-state index contributed by atoms with van der Waals surface area (Å²) < 4.78 is 5.71. The minimum Gasteiger partial charge on any atom is -0.491 e. The highest BCUT2D eigenvalue weighted by atomic mass is 16.5. The van der Waals surface area contributed by atoms with E-state index in [9.17, 15) is 9.59 Å². The van der Waals surface area contributed by atoms with Gasteiger partial charge in [0.05, 0.1) is 12.6 Å². The second-order valence-corrected chi connectivity index (χ2v) is 6.91. The van der Waals surface area contributed by atoms with Gasteiger partial charge in [-0.2, -0.15) is 0 Å². The molecular weight excluding hydrogens is 316 g/mol. The zero-order chi connectivity index (χ0) is 18.1. The van der Waals surface area contributed by atoms with Crippen molar-refractivity contribution in [3.05, 3.63) is 62.6 Å². The van der Waals surface area contributed by atoms with Gasteiger partial charge in [-0.05, 0) is 63.4 Å². The molecule has 0 radical (unpaired) electrons. The molecule has 0 saturated carbocycles. The molecule has 0 atom stereocenters. The molecule has 0 saturated heterocycles. The number of carbonyl (C=O) groups is 1. The highest BCUT2D eigenvalue weighted by molar-refractivity contribution is 5.97. The highest BCUT2D eigenvalue weighted by Gasteiger charge is 2.26. The summed E-state index contributed by atoms with van der Waals surface area (Å²) in [6.07, 6.45) is 0.841. The van der Waals surface area contributed by atoms with Crippen LogP contribution in [0.2, 0.25) is 0 Å². The predicted molar refractivity (Wildman–Crippen MR) is 97.2 cm³/mol. The SMILES string of the molecule is Cc1cc(C)c(CN2CCc3ccc(OC(C)C)cc3C2=O)c(=O)[nH]1. The number of rotatable bonds is 4. The van der Waals surface area contributed by atoms with E-state index in [0.717, 1.165) is 23.2 Å². The highest BCUT2D eigenvalue weighted by Crippen LogP contribution is 2.25. The molecule has 0 unspecified atom stereocenters. The van der Waals surface area contributed by atoms with Crippen LogP contribution in [0.4, 0.5) is 0 Å². The van der Waals surface area contributed by atoms with Crippen LogP contribution in [0.1, 0.15) is 46.6 Å². The number of amides is 1. The van der Waals surface area contributed by atoms with Gasteiger partial charge in [-0.25, -0.2) is 0 Å². The Hall–Kier alpha value is -2.56. The molecule has 2 heterocycles. The molecule has 1 aliphatic rings. The van der Waals surface area contributed by atoms with Crippen LogP contribution in [-0.2, 0) is 13.0 Å². The summed E-state index contributed by atoms with van der Waals surface area (Å²) in [5.74, 6) is 0.656. The van der Waals surface area contributed by atoms with Crippen LogP contribution in [-0.4, -0.2) is 28.4 Å². The molecule has 1 aromatic heterocycles. The second kappa shape index (κ2) is 6.75. The molecule has 1 aliphatic heterocycles. The smallest absolute Gasteiger partial charge is 0.254 e. The molecular formula is C20H24N2O3. The van der Waals surface area contributed by atoms with Crippen molar-refractivity contribution in [3.8, 4) is 5.75 Å². The Labute approximate surface area is 147 Å². The first-order chi connectivity index (χ1) is 11.8. The van der Waals surface area contributed by atoms with Crippen LogP contribution in [0.3, 0.4) is 0 Å². The molecule has 3 rings (SSSR count). The van der Waals surface area contributed by atoms with Gasteiger partial charge >= 0.3 is 0 Å². The third kappa shape index (κ3) is 3.60. The molecule has 0 aliphatic carbocycles. The standard InChI is InChI=1S/C20H24N2O3/c1-12(2)25-16-6-5-15-7-8-22(20(24)17(15)10-16)11-18-13(3)9-14(4)21-19(18)23/h5-6,9-10,12H,7-8,11H2,1-4H3,(H,21,23). The van der Waals surface area contributed by atoms with Gasteiger partial charge in [0.15, 0.2) is 0 Å². The first kappa shape index (κ1) is 17.3. The summed E-state index contributed by atoms with van der Waals surface area (Å²) in [7, 11) is 0. The normalized spacial score (nSPS) is 14.0. The maximum absolute atomic E-state index is 12.9. The van der Waals surface area contributed by atoms with Crippen LogP contribution >= 0.6 is 0 Å². The van der Waals surface area contributed by atoms with Crippen molar-refractivity contribution in [2.75, 3.05) is 6.54 Å². The number of benzene rings is 1. The Morgan fingerprint density at radius 2 is 1.96 bits per heavy atom. The van der Waals surface area contributed by atoms with Crippen molar-refractivity contribution in [3.63, 3.8) is 0 Å². The number of hydrogen-bond donors (Lipinski definition) is 1. The number of H-pyrrole nitrogens is 1. The van der Waals surface area contributed by atoms with Crippen LogP contribution in [0.15, 0.2) is 29.1 Å². The van der Waals surface area contributed by atoms with Gasteiger partial charge < -0.3 is 14.6 Å². The lowest BCUT2D eigenvalue weighted by atomic mass is 9.98. The van der Waals surface area contributed by atoms with Crippen molar-refractivity contribution in [1.82, 2.24) is 9.88 Å². The number of aromatic nitrogens is 1. The van der Waals surface area contributed by atoms with E-state index in [-0.39, 0.29) is 17.6 Å². The first-order valence-electron chi connectivity index (χ1n) is 8.63. The van der Waals surface area contributed by atoms with E-state index in [2.05, 4.69) is 4.98 Å². The molecule has 1 aromatic carbocycles. The van der Waals surface area contributed by atoms with Gasteiger partial charge in [-0.3, -0.25) is 9.59 Å². The Balaban J connectivity index is 1.88. The zero-order valence-corrected chi connectivity index (χ0v) is 15.2. The first-order valence-corrected chi connectivity index (χ1v) is 8.63. The van der Waals surface area contributed by atoms with Gasteiger partial charge in [-0.15, -0.1) is 0 Å². The number of aryl methyl sites for hydroxylation is 2. The number of nitrogens with one attached hydrogen (secondary N) is 1. The Bertz CT molecular complexity index is 868. The molecule has 1 N–H and O–H groups in total. The van der Waals surface area contributed by atoms with E-state index in [1.54, 1.807) is 4.90 Å². The number of ether oxygens (including phenoxy) is 1. The van der Waals surface area contributed by atoms with Crippen molar-refractivity contribution < 1.29 is 9.53 Å². The van der Waals surface area contributed by atoms with Crippen molar-refractivity contribution >= 4 is 5.91 Å². The number of nitrogens with zero attached hydrogens (tertiary/aromatic N) is 1. The van der Waals surface area contributed by atoms with Gasteiger partial charge in [-0.1, -0.05) is 6.07 Å². The average Bonchev–Trinajstić information content (AvgIpc) is 2.52. The number of aromatic amines is 1. The van der Waals surface area contributed by atoms with E-state index in [4.69, 9.17) is 4.74 Å². The Morgan fingerprint density at radius 1 is 1.20 bits per heavy atom. The second-order valence-electron chi connectivity index (χ2n) is 6.91. The number of hydrogen-bond acceptors (Lipinski definition) is 3. The lowest BCUT2D eigenvalue weighted by Crippen LogP contribution is -2.38. The molecule has 25 heavy (non-hydrogen) atoms. The minimum atomic E-state index is -0.118. The summed E-state index contributed by atoms with van der Waals surface area (Å²) in [6, 6.07) is 7.63. The third-order valence-electron chi connectivity index (χ3n) is 4.46. The quantitative estimate of drug-likeness (QED) is 0.931. The molecule has 132 valence electrons. The fourth-order valence-electron chi connectivity index (χ4n) is 3.27. The summed E-state index contributed by atoms with van der Waals surface area (Å²) in [6.45, 7) is 8.63. The van der Waals surface area contributed by atoms with Crippen molar-refractivity contribution in [2.45, 2.75) is 46.8 Å². The molecule has 0 fully saturated rings. The summed E-state index contributed by atoms with van der Waals surface area (Å²) in [5.41, 5.74) is 3.98. The molecule has 0 spiro atoms. The van der Waals surface area contributed by atoms with E-state index in [0.29, 0.717) is 30.0 Å². The molecule has 1 amide bonds. The molecule has 2 aromatic rings. The van der Waals surface area contributed by atoms with Gasteiger partial charge in [0.2, 0.25) is 0 Å². The van der Waals surface area contributed by atoms with Crippen molar-refractivity contribution in [2.24, 2.45) is 0 Å². The average molecular weight is 340 g/mol. The molecule has 0 bridgehead atoms. The lowest BCUT2D eigenvalue weighted by Gasteiger charge is -2.29. The van der Waals surface area contributed by atoms with Gasteiger partial charge in [0.25, 0.3) is 11.5 Å². The third-order valence-corrected chi connectivity index (χ3v) is 4.46. The van der Waals surface area contributed by atoms with Gasteiger partial charge in [0.1, 0.15) is 5.75 Å². The number of carbonyl (C=O) groups excluding carboxylic acids is 1. The van der Waals surface area contributed by atoms with Crippen molar-refractivity contribution in [1.29, 1.82) is 0 Å². The Morgan fingerprint density at radius 3 is 2.64 bits per heavy atom. The monoisotopic (exact) mass is 340 g/mol. The number of pyridine rings is 1. The van der Waals surface area contributed by atoms with Crippen LogP contribution < -0.4 is 10.3 Å². The maximum Gasteiger partial charge on any atom is 0.254 e. The summed E-state index contributed by atoms with van der Waals surface area (Å²) >= 11 is 0.